The second-order valence-corrected chi connectivity index (χ2v) is 3.88. The van der Waals surface area contributed by atoms with Crippen LogP contribution in [0.15, 0.2) is 28.7 Å². The average molecular weight is 243 g/mol. The highest BCUT2D eigenvalue weighted by Gasteiger charge is 2.07. The van der Waals surface area contributed by atoms with Crippen LogP contribution in [0.3, 0.4) is 0 Å². The van der Waals surface area contributed by atoms with E-state index in [-0.39, 0.29) is 12.1 Å². The van der Waals surface area contributed by atoms with Crippen LogP contribution in [0, 0.1) is 0 Å². The summed E-state index contributed by atoms with van der Waals surface area (Å²) in [4.78, 5) is 11.3. The minimum Gasteiger partial charge on any atom is -0.459 e. The summed E-state index contributed by atoms with van der Waals surface area (Å²) in [5.74, 6) is -0.275. The average Bonchev–Trinajstić information content (AvgIpc) is 2.04. The van der Waals surface area contributed by atoms with Crippen molar-refractivity contribution >= 4 is 21.9 Å². The first-order valence-corrected chi connectivity index (χ1v) is 4.85. The lowest BCUT2D eigenvalue weighted by atomic mass is 10.2. The number of esters is 1. The fourth-order valence-electron chi connectivity index (χ4n) is 0.868. The molecule has 70 valence electrons. The molecule has 0 fully saturated rings. The standard InChI is InChI=1S/C10H11BrO2/c1-7(2)13-10(12)8-3-5-9(11)6-4-8/h3-7H,1-2H3. The van der Waals surface area contributed by atoms with E-state index in [1.54, 1.807) is 12.1 Å². The molecule has 0 aliphatic heterocycles. The lowest BCUT2D eigenvalue weighted by Crippen LogP contribution is -2.11. The smallest absolute Gasteiger partial charge is 0.338 e. The Labute approximate surface area is 86.0 Å². The van der Waals surface area contributed by atoms with Crippen LogP contribution in [0.4, 0.5) is 0 Å². The van der Waals surface area contributed by atoms with Gasteiger partial charge < -0.3 is 4.74 Å². The molecular formula is C10H11BrO2. The van der Waals surface area contributed by atoms with Crippen LogP contribution in [-0.4, -0.2) is 12.1 Å². The zero-order chi connectivity index (χ0) is 9.84. The fourth-order valence-corrected chi connectivity index (χ4v) is 1.13. The molecule has 1 rings (SSSR count). The van der Waals surface area contributed by atoms with E-state index in [9.17, 15) is 4.79 Å². The summed E-state index contributed by atoms with van der Waals surface area (Å²) in [6.45, 7) is 3.66. The van der Waals surface area contributed by atoms with Crippen molar-refractivity contribution in [3.8, 4) is 0 Å². The number of benzene rings is 1. The van der Waals surface area contributed by atoms with Gasteiger partial charge in [0.2, 0.25) is 0 Å². The van der Waals surface area contributed by atoms with Gasteiger partial charge in [-0.05, 0) is 38.1 Å². The molecular weight excluding hydrogens is 232 g/mol. The molecule has 0 bridgehead atoms. The van der Waals surface area contributed by atoms with Gasteiger partial charge >= 0.3 is 5.97 Å². The number of ether oxygens (including phenoxy) is 1. The maximum atomic E-state index is 11.3. The van der Waals surface area contributed by atoms with E-state index in [0.29, 0.717) is 5.56 Å². The van der Waals surface area contributed by atoms with Crippen molar-refractivity contribution in [2.45, 2.75) is 20.0 Å². The fraction of sp³-hybridized carbons (Fsp3) is 0.300. The minimum absolute atomic E-state index is 0.0730. The monoisotopic (exact) mass is 242 g/mol. The van der Waals surface area contributed by atoms with Crippen molar-refractivity contribution in [3.05, 3.63) is 34.3 Å². The van der Waals surface area contributed by atoms with Crippen molar-refractivity contribution < 1.29 is 9.53 Å². The third kappa shape index (κ3) is 3.19. The zero-order valence-corrected chi connectivity index (χ0v) is 9.17. The van der Waals surface area contributed by atoms with Crippen LogP contribution >= 0.6 is 15.9 Å². The van der Waals surface area contributed by atoms with E-state index in [1.807, 2.05) is 26.0 Å². The first-order chi connectivity index (χ1) is 6.09. The summed E-state index contributed by atoms with van der Waals surface area (Å²) in [6, 6.07) is 7.09. The van der Waals surface area contributed by atoms with E-state index >= 15 is 0 Å². The molecule has 1 aromatic rings. The Morgan fingerprint density at radius 1 is 1.31 bits per heavy atom. The number of halogens is 1. The molecule has 0 amide bonds. The Balaban J connectivity index is 2.72. The Morgan fingerprint density at radius 2 is 1.85 bits per heavy atom. The molecule has 1 aromatic carbocycles. The van der Waals surface area contributed by atoms with Crippen molar-refractivity contribution in [2.75, 3.05) is 0 Å². The summed E-state index contributed by atoms with van der Waals surface area (Å²) in [5, 5.41) is 0. The van der Waals surface area contributed by atoms with Crippen LogP contribution in [0.1, 0.15) is 24.2 Å². The maximum absolute atomic E-state index is 11.3. The lowest BCUT2D eigenvalue weighted by molar-refractivity contribution is 0.0378. The number of hydrogen-bond acceptors (Lipinski definition) is 2. The molecule has 2 nitrogen and oxygen atoms in total. The molecule has 0 aromatic heterocycles. The van der Waals surface area contributed by atoms with Gasteiger partial charge in [-0.1, -0.05) is 15.9 Å². The third-order valence-electron chi connectivity index (χ3n) is 1.42. The first kappa shape index (κ1) is 10.3. The molecule has 0 N–H and O–H groups in total. The van der Waals surface area contributed by atoms with E-state index in [0.717, 1.165) is 4.47 Å². The SMILES string of the molecule is CC(C)OC(=O)c1ccc(Br)cc1. The van der Waals surface area contributed by atoms with Gasteiger partial charge in [-0.3, -0.25) is 0 Å². The van der Waals surface area contributed by atoms with Gasteiger partial charge in [0, 0.05) is 4.47 Å². The van der Waals surface area contributed by atoms with Crippen molar-refractivity contribution in [1.82, 2.24) is 0 Å². The molecule has 0 heterocycles. The van der Waals surface area contributed by atoms with Crippen molar-refractivity contribution in [1.29, 1.82) is 0 Å². The highest BCUT2D eigenvalue weighted by atomic mass is 79.9. The Hall–Kier alpha value is -0.830. The molecule has 0 atom stereocenters. The second kappa shape index (κ2) is 4.42. The summed E-state index contributed by atoms with van der Waals surface area (Å²) < 4.78 is 5.97. The van der Waals surface area contributed by atoms with Crippen LogP contribution in [0.25, 0.3) is 0 Å². The van der Waals surface area contributed by atoms with Crippen LogP contribution < -0.4 is 0 Å². The Kier molecular flexibility index (Phi) is 3.48. The van der Waals surface area contributed by atoms with Crippen LogP contribution in [0.5, 0.6) is 0 Å². The highest BCUT2D eigenvalue weighted by molar-refractivity contribution is 9.10. The molecule has 13 heavy (non-hydrogen) atoms. The van der Waals surface area contributed by atoms with Crippen molar-refractivity contribution in [2.24, 2.45) is 0 Å². The van der Waals surface area contributed by atoms with Crippen molar-refractivity contribution in [3.63, 3.8) is 0 Å². The quantitative estimate of drug-likeness (QED) is 0.746. The summed E-state index contributed by atoms with van der Waals surface area (Å²) in [5.41, 5.74) is 0.580. The first-order valence-electron chi connectivity index (χ1n) is 4.06. The van der Waals surface area contributed by atoms with Crippen LogP contribution in [0.2, 0.25) is 0 Å². The van der Waals surface area contributed by atoms with Gasteiger partial charge in [0.05, 0.1) is 11.7 Å². The predicted octanol–water partition coefficient (Wildman–Crippen LogP) is 3.01. The van der Waals surface area contributed by atoms with Gasteiger partial charge in [-0.2, -0.15) is 0 Å². The molecule has 3 heteroatoms. The highest BCUT2D eigenvalue weighted by Crippen LogP contribution is 2.11. The normalized spacial score (nSPS) is 10.2. The predicted molar refractivity (Wildman–Crippen MR) is 54.7 cm³/mol. The third-order valence-corrected chi connectivity index (χ3v) is 1.95. The second-order valence-electron chi connectivity index (χ2n) is 2.96. The van der Waals surface area contributed by atoms with E-state index < -0.39 is 0 Å². The topological polar surface area (TPSA) is 26.3 Å². The van der Waals surface area contributed by atoms with Crippen LogP contribution in [-0.2, 0) is 4.74 Å². The molecule has 0 saturated heterocycles. The van der Waals surface area contributed by atoms with Gasteiger partial charge in [-0.15, -0.1) is 0 Å². The maximum Gasteiger partial charge on any atom is 0.338 e. The Morgan fingerprint density at radius 3 is 2.31 bits per heavy atom. The number of carbonyl (C=O) groups is 1. The molecule has 0 aliphatic rings. The number of rotatable bonds is 2. The zero-order valence-electron chi connectivity index (χ0n) is 7.58. The van der Waals surface area contributed by atoms with Gasteiger partial charge in [0.25, 0.3) is 0 Å². The molecule has 0 saturated carbocycles. The van der Waals surface area contributed by atoms with E-state index in [1.165, 1.54) is 0 Å². The summed E-state index contributed by atoms with van der Waals surface area (Å²) >= 11 is 3.29. The van der Waals surface area contributed by atoms with E-state index in [2.05, 4.69) is 15.9 Å². The summed E-state index contributed by atoms with van der Waals surface area (Å²) in [6.07, 6.45) is -0.0730. The van der Waals surface area contributed by atoms with Gasteiger partial charge in [0.15, 0.2) is 0 Å². The molecule has 0 unspecified atom stereocenters. The number of hydrogen-bond donors (Lipinski definition) is 0. The molecule has 0 aliphatic carbocycles. The number of carbonyl (C=O) groups excluding carboxylic acids is 1. The Bertz CT molecular complexity index is 290. The molecule has 0 radical (unpaired) electrons. The largest absolute Gasteiger partial charge is 0.459 e. The molecule has 0 spiro atoms. The lowest BCUT2D eigenvalue weighted by Gasteiger charge is -2.07. The van der Waals surface area contributed by atoms with E-state index in [4.69, 9.17) is 4.74 Å². The van der Waals surface area contributed by atoms with Gasteiger partial charge in [-0.25, -0.2) is 4.79 Å². The summed E-state index contributed by atoms with van der Waals surface area (Å²) in [7, 11) is 0. The van der Waals surface area contributed by atoms with Gasteiger partial charge in [0.1, 0.15) is 0 Å². The minimum atomic E-state index is -0.275.